The molecule has 138 valence electrons. The number of nitrogens with one attached hydrogen (secondary N) is 2. The second kappa shape index (κ2) is 9.15. The van der Waals surface area contributed by atoms with Gasteiger partial charge in [-0.2, -0.15) is 5.26 Å². The van der Waals surface area contributed by atoms with Crippen molar-refractivity contribution in [2.24, 2.45) is 0 Å². The summed E-state index contributed by atoms with van der Waals surface area (Å²) in [5.74, 6) is -1.72. The summed E-state index contributed by atoms with van der Waals surface area (Å²) in [5, 5.41) is 14.0. The molecule has 0 aliphatic heterocycles. The van der Waals surface area contributed by atoms with Crippen LogP contribution in [0.1, 0.15) is 28.4 Å². The quantitative estimate of drug-likeness (QED) is 0.763. The molecule has 0 aliphatic rings. The number of nitriles is 1. The Morgan fingerprint density at radius 2 is 1.89 bits per heavy atom. The van der Waals surface area contributed by atoms with Crippen LogP contribution < -0.4 is 10.6 Å². The van der Waals surface area contributed by atoms with E-state index in [1.54, 1.807) is 42.5 Å². The summed E-state index contributed by atoms with van der Waals surface area (Å²) in [6.07, 6.45) is -1.08. The van der Waals surface area contributed by atoms with Crippen LogP contribution in [0.4, 0.5) is 5.69 Å². The minimum Gasteiger partial charge on any atom is -0.451 e. The molecule has 0 radical (unpaired) electrons. The highest BCUT2D eigenvalue weighted by Crippen LogP contribution is 2.14. The number of amides is 2. The normalized spacial score (nSPS) is 11.0. The summed E-state index contributed by atoms with van der Waals surface area (Å²) in [7, 11) is 0. The van der Waals surface area contributed by atoms with Crippen LogP contribution >= 0.6 is 0 Å². The zero-order valence-corrected chi connectivity index (χ0v) is 15.0. The van der Waals surface area contributed by atoms with Crippen LogP contribution in [0.5, 0.6) is 0 Å². The van der Waals surface area contributed by atoms with Crippen LogP contribution in [0.25, 0.3) is 0 Å². The first kappa shape index (κ1) is 19.7. The van der Waals surface area contributed by atoms with Crippen molar-refractivity contribution in [1.82, 2.24) is 5.32 Å². The van der Waals surface area contributed by atoms with E-state index in [9.17, 15) is 14.4 Å². The maximum atomic E-state index is 12.1. The third kappa shape index (κ3) is 5.68. The lowest BCUT2D eigenvalue weighted by atomic mass is 10.1. The number of hydrogen-bond acceptors (Lipinski definition) is 5. The van der Waals surface area contributed by atoms with Gasteiger partial charge in [0.2, 0.25) is 0 Å². The highest BCUT2D eigenvalue weighted by molar-refractivity contribution is 5.97. The molecule has 2 aromatic rings. The van der Waals surface area contributed by atoms with Gasteiger partial charge in [-0.3, -0.25) is 14.4 Å². The SMILES string of the molecule is Cc1cccc(C(=O)NCC(=O)O[C@H](C)C(=O)Nc2ccccc2C#N)c1. The second-order valence-corrected chi connectivity index (χ2v) is 5.83. The molecule has 2 amide bonds. The summed E-state index contributed by atoms with van der Waals surface area (Å²) >= 11 is 0. The van der Waals surface area contributed by atoms with Crippen LogP contribution in [0.3, 0.4) is 0 Å². The molecule has 2 N–H and O–H groups in total. The molecule has 0 saturated heterocycles. The number of aryl methyl sites for hydroxylation is 1. The van der Waals surface area contributed by atoms with Gasteiger partial charge >= 0.3 is 5.97 Å². The van der Waals surface area contributed by atoms with Gasteiger partial charge in [-0.15, -0.1) is 0 Å². The van der Waals surface area contributed by atoms with Crippen LogP contribution in [0.15, 0.2) is 48.5 Å². The molecule has 7 nitrogen and oxygen atoms in total. The molecule has 7 heteroatoms. The molecule has 0 fully saturated rings. The van der Waals surface area contributed by atoms with Gasteiger partial charge in [-0.25, -0.2) is 0 Å². The number of para-hydroxylation sites is 1. The van der Waals surface area contributed by atoms with E-state index in [1.807, 2.05) is 19.1 Å². The fraction of sp³-hybridized carbons (Fsp3) is 0.200. The monoisotopic (exact) mass is 365 g/mol. The third-order valence-electron chi connectivity index (χ3n) is 3.66. The molecule has 2 aromatic carbocycles. The lowest BCUT2D eigenvalue weighted by molar-refractivity contribution is -0.152. The van der Waals surface area contributed by atoms with Gasteiger partial charge in [0.05, 0.1) is 11.3 Å². The summed E-state index contributed by atoms with van der Waals surface area (Å²) in [6.45, 7) is 2.90. The number of benzene rings is 2. The third-order valence-corrected chi connectivity index (χ3v) is 3.66. The first-order valence-electron chi connectivity index (χ1n) is 8.25. The zero-order chi connectivity index (χ0) is 19.8. The molecule has 2 rings (SSSR count). The lowest BCUT2D eigenvalue weighted by Crippen LogP contribution is -2.36. The molecule has 0 heterocycles. The van der Waals surface area contributed by atoms with Crippen LogP contribution in [-0.2, 0) is 14.3 Å². The van der Waals surface area contributed by atoms with E-state index in [0.29, 0.717) is 16.8 Å². The van der Waals surface area contributed by atoms with Gasteiger partial charge in [-0.1, -0.05) is 29.8 Å². The van der Waals surface area contributed by atoms with E-state index in [-0.39, 0.29) is 6.54 Å². The van der Waals surface area contributed by atoms with Crippen molar-refractivity contribution >= 4 is 23.5 Å². The first-order chi connectivity index (χ1) is 12.9. The van der Waals surface area contributed by atoms with Crippen LogP contribution in [-0.4, -0.2) is 30.4 Å². The molecule has 0 spiro atoms. The van der Waals surface area contributed by atoms with Gasteiger partial charge < -0.3 is 15.4 Å². The number of carbonyl (C=O) groups excluding carboxylic acids is 3. The van der Waals surface area contributed by atoms with Crippen molar-refractivity contribution < 1.29 is 19.1 Å². The highest BCUT2D eigenvalue weighted by Gasteiger charge is 2.19. The van der Waals surface area contributed by atoms with Crippen molar-refractivity contribution in [3.63, 3.8) is 0 Å². The largest absolute Gasteiger partial charge is 0.451 e. The molecule has 0 saturated carbocycles. The number of ether oxygens (including phenoxy) is 1. The number of hydrogen-bond donors (Lipinski definition) is 2. The average molecular weight is 365 g/mol. The molecule has 0 bridgehead atoms. The van der Waals surface area contributed by atoms with Crippen molar-refractivity contribution in [2.45, 2.75) is 20.0 Å². The molecule has 0 unspecified atom stereocenters. The minimum absolute atomic E-state index is 0.301. The maximum Gasteiger partial charge on any atom is 0.326 e. The van der Waals surface area contributed by atoms with Crippen LogP contribution in [0, 0.1) is 18.3 Å². The summed E-state index contributed by atoms with van der Waals surface area (Å²) < 4.78 is 5.02. The first-order valence-corrected chi connectivity index (χ1v) is 8.25. The number of nitrogens with zero attached hydrogens (tertiary/aromatic N) is 1. The summed E-state index contributed by atoms with van der Waals surface area (Å²) in [5.41, 5.74) is 1.99. The molecule has 1 atom stereocenters. The minimum atomic E-state index is -1.08. The fourth-order valence-electron chi connectivity index (χ4n) is 2.26. The Hall–Kier alpha value is -3.66. The predicted molar refractivity (Wildman–Crippen MR) is 98.9 cm³/mol. The van der Waals surface area contributed by atoms with E-state index < -0.39 is 23.9 Å². The Balaban J connectivity index is 1.85. The molecular formula is C20H19N3O4. The lowest BCUT2D eigenvalue weighted by Gasteiger charge is -2.14. The van der Waals surface area contributed by atoms with Gasteiger partial charge in [-0.05, 0) is 38.1 Å². The van der Waals surface area contributed by atoms with E-state index in [1.165, 1.54) is 6.92 Å². The van der Waals surface area contributed by atoms with Crippen molar-refractivity contribution in [2.75, 3.05) is 11.9 Å². The van der Waals surface area contributed by atoms with Gasteiger partial charge in [0.25, 0.3) is 11.8 Å². The standard InChI is InChI=1S/C20H19N3O4/c1-13-6-5-8-15(10-13)20(26)22-12-18(24)27-14(2)19(25)23-17-9-4-3-7-16(17)11-21/h3-10,14H,12H2,1-2H3,(H,22,26)(H,23,25)/t14-/m1/s1. The number of anilines is 1. The number of esters is 1. The fourth-order valence-corrected chi connectivity index (χ4v) is 2.26. The Morgan fingerprint density at radius 1 is 1.15 bits per heavy atom. The van der Waals surface area contributed by atoms with Crippen molar-refractivity contribution in [3.05, 3.63) is 65.2 Å². The number of carbonyl (C=O) groups is 3. The van der Waals surface area contributed by atoms with E-state index in [4.69, 9.17) is 10.00 Å². The van der Waals surface area contributed by atoms with Gasteiger partial charge in [0.15, 0.2) is 6.10 Å². The average Bonchev–Trinajstić information content (AvgIpc) is 2.66. The Labute approximate surface area is 156 Å². The summed E-state index contributed by atoms with van der Waals surface area (Å²) in [4.78, 5) is 36.0. The maximum absolute atomic E-state index is 12.1. The zero-order valence-electron chi connectivity index (χ0n) is 15.0. The molecular weight excluding hydrogens is 346 g/mol. The Kier molecular flexibility index (Phi) is 6.67. The summed E-state index contributed by atoms with van der Waals surface area (Å²) in [6, 6.07) is 15.4. The molecule has 0 aromatic heterocycles. The van der Waals surface area contributed by atoms with Gasteiger partial charge in [0, 0.05) is 5.56 Å². The second-order valence-electron chi connectivity index (χ2n) is 5.83. The smallest absolute Gasteiger partial charge is 0.326 e. The van der Waals surface area contributed by atoms with Crippen molar-refractivity contribution in [3.8, 4) is 6.07 Å². The van der Waals surface area contributed by atoms with E-state index in [0.717, 1.165) is 5.56 Å². The topological polar surface area (TPSA) is 108 Å². The van der Waals surface area contributed by atoms with E-state index in [2.05, 4.69) is 10.6 Å². The van der Waals surface area contributed by atoms with Gasteiger partial charge in [0.1, 0.15) is 12.6 Å². The van der Waals surface area contributed by atoms with Crippen LogP contribution in [0.2, 0.25) is 0 Å². The molecule has 27 heavy (non-hydrogen) atoms. The Bertz CT molecular complexity index is 902. The predicted octanol–water partition coefficient (Wildman–Crippen LogP) is 2.17. The Morgan fingerprint density at radius 3 is 2.59 bits per heavy atom. The van der Waals surface area contributed by atoms with Crippen molar-refractivity contribution in [1.29, 1.82) is 5.26 Å². The highest BCUT2D eigenvalue weighted by atomic mass is 16.5. The van der Waals surface area contributed by atoms with E-state index >= 15 is 0 Å². The molecule has 0 aliphatic carbocycles. The number of rotatable bonds is 6.